The maximum absolute atomic E-state index is 5.72. The second kappa shape index (κ2) is 6.95. The molecule has 0 aliphatic carbocycles. The molecule has 1 rings (SSSR count). The van der Waals surface area contributed by atoms with E-state index in [1.54, 1.807) is 7.11 Å². The van der Waals surface area contributed by atoms with Gasteiger partial charge >= 0.3 is 0 Å². The zero-order valence-corrected chi connectivity index (χ0v) is 10.5. The summed E-state index contributed by atoms with van der Waals surface area (Å²) in [4.78, 5) is 0. The summed E-state index contributed by atoms with van der Waals surface area (Å²) in [7, 11) is 1.69. The third kappa shape index (κ3) is 4.30. The van der Waals surface area contributed by atoms with E-state index >= 15 is 0 Å². The molecular formula is C11H17BrN2O. The van der Waals surface area contributed by atoms with E-state index in [4.69, 9.17) is 10.5 Å². The van der Waals surface area contributed by atoms with Crippen LogP contribution in [0.4, 0.5) is 0 Å². The van der Waals surface area contributed by atoms with Gasteiger partial charge < -0.3 is 15.8 Å². The van der Waals surface area contributed by atoms with Crippen molar-refractivity contribution >= 4 is 15.9 Å². The van der Waals surface area contributed by atoms with Gasteiger partial charge in [-0.25, -0.2) is 0 Å². The van der Waals surface area contributed by atoms with Gasteiger partial charge in [0.25, 0.3) is 0 Å². The molecule has 0 saturated heterocycles. The summed E-state index contributed by atoms with van der Waals surface area (Å²) >= 11 is 3.45. The van der Waals surface area contributed by atoms with E-state index in [-0.39, 0.29) is 6.04 Å². The molecule has 0 heterocycles. The van der Waals surface area contributed by atoms with Crippen LogP contribution in [-0.2, 0) is 4.74 Å². The summed E-state index contributed by atoms with van der Waals surface area (Å²) in [6.07, 6.45) is 0. The first kappa shape index (κ1) is 12.6. The van der Waals surface area contributed by atoms with Crippen LogP contribution in [-0.4, -0.2) is 26.8 Å². The molecule has 0 aromatic heterocycles. The van der Waals surface area contributed by atoms with E-state index in [1.807, 2.05) is 12.1 Å². The number of hydrogen-bond acceptors (Lipinski definition) is 3. The Labute approximate surface area is 99.1 Å². The third-order valence-corrected chi connectivity index (χ3v) is 2.68. The summed E-state index contributed by atoms with van der Waals surface area (Å²) < 4.78 is 6.06. The fraction of sp³-hybridized carbons (Fsp3) is 0.455. The number of rotatable bonds is 6. The van der Waals surface area contributed by atoms with E-state index in [0.717, 1.165) is 11.0 Å². The predicted octanol–water partition coefficient (Wildman–Crippen LogP) is 1.68. The van der Waals surface area contributed by atoms with Crippen LogP contribution in [0.1, 0.15) is 11.6 Å². The monoisotopic (exact) mass is 272 g/mol. The number of hydrogen-bond donors (Lipinski definition) is 2. The topological polar surface area (TPSA) is 47.3 Å². The Balaban J connectivity index is 2.57. The van der Waals surface area contributed by atoms with Gasteiger partial charge in [0.1, 0.15) is 0 Å². The molecule has 0 bridgehead atoms. The van der Waals surface area contributed by atoms with Gasteiger partial charge in [-0.3, -0.25) is 0 Å². The fourth-order valence-corrected chi connectivity index (χ4v) is 1.81. The van der Waals surface area contributed by atoms with Crippen LogP contribution in [0.5, 0.6) is 0 Å². The molecule has 1 unspecified atom stereocenters. The van der Waals surface area contributed by atoms with Gasteiger partial charge in [-0.15, -0.1) is 0 Å². The lowest BCUT2D eigenvalue weighted by Crippen LogP contribution is -2.30. The molecule has 0 amide bonds. The normalized spacial score (nSPS) is 12.7. The number of nitrogens with one attached hydrogen (secondary N) is 1. The summed E-state index contributed by atoms with van der Waals surface area (Å²) in [5, 5.41) is 3.34. The number of benzene rings is 1. The number of nitrogens with two attached hydrogens (primary N) is 1. The van der Waals surface area contributed by atoms with Crippen molar-refractivity contribution in [2.75, 3.05) is 26.8 Å². The highest BCUT2D eigenvalue weighted by Crippen LogP contribution is 2.17. The van der Waals surface area contributed by atoms with Crippen molar-refractivity contribution in [1.29, 1.82) is 0 Å². The molecule has 3 N–H and O–H groups in total. The van der Waals surface area contributed by atoms with E-state index in [9.17, 15) is 0 Å². The Bertz CT molecular complexity index is 294. The van der Waals surface area contributed by atoms with Crippen LogP contribution in [0.2, 0.25) is 0 Å². The average molecular weight is 273 g/mol. The molecule has 1 atom stereocenters. The minimum absolute atomic E-state index is 0.192. The Morgan fingerprint density at radius 2 is 2.33 bits per heavy atom. The molecule has 0 aliphatic rings. The minimum Gasteiger partial charge on any atom is -0.383 e. The van der Waals surface area contributed by atoms with Crippen LogP contribution in [0, 0.1) is 0 Å². The molecule has 3 nitrogen and oxygen atoms in total. The molecule has 0 radical (unpaired) electrons. The maximum Gasteiger partial charge on any atom is 0.0587 e. The Morgan fingerprint density at radius 3 is 2.93 bits per heavy atom. The number of methoxy groups -OCH3 is 1. The van der Waals surface area contributed by atoms with Crippen molar-refractivity contribution in [3.8, 4) is 0 Å². The van der Waals surface area contributed by atoms with E-state index in [2.05, 4.69) is 33.4 Å². The van der Waals surface area contributed by atoms with E-state index in [1.165, 1.54) is 5.56 Å². The summed E-state index contributed by atoms with van der Waals surface area (Å²) in [5.41, 5.74) is 6.92. The molecule has 0 saturated carbocycles. The van der Waals surface area contributed by atoms with Crippen molar-refractivity contribution in [3.63, 3.8) is 0 Å². The third-order valence-electron chi connectivity index (χ3n) is 2.18. The molecule has 0 aliphatic heterocycles. The summed E-state index contributed by atoms with van der Waals surface area (Å²) in [6, 6.07) is 8.36. The van der Waals surface area contributed by atoms with Gasteiger partial charge in [-0.2, -0.15) is 0 Å². The van der Waals surface area contributed by atoms with Crippen LogP contribution in [0.15, 0.2) is 28.7 Å². The highest BCUT2D eigenvalue weighted by Gasteiger charge is 2.08. The zero-order chi connectivity index (χ0) is 11.1. The van der Waals surface area contributed by atoms with Gasteiger partial charge in [-0.1, -0.05) is 28.1 Å². The molecule has 4 heteroatoms. The lowest BCUT2D eigenvalue weighted by atomic mass is 10.1. The fourth-order valence-electron chi connectivity index (χ4n) is 1.40. The van der Waals surface area contributed by atoms with Crippen molar-refractivity contribution in [1.82, 2.24) is 5.32 Å². The van der Waals surface area contributed by atoms with Crippen LogP contribution < -0.4 is 11.1 Å². The summed E-state index contributed by atoms with van der Waals surface area (Å²) in [6.45, 7) is 2.09. The number of ether oxygens (including phenoxy) is 1. The average Bonchev–Trinajstić information content (AvgIpc) is 2.24. The minimum atomic E-state index is 0.192. The molecule has 1 aromatic carbocycles. The smallest absolute Gasteiger partial charge is 0.0587 e. The van der Waals surface area contributed by atoms with Gasteiger partial charge in [0, 0.05) is 30.7 Å². The second-order valence-corrected chi connectivity index (χ2v) is 4.21. The van der Waals surface area contributed by atoms with Crippen molar-refractivity contribution < 1.29 is 4.74 Å². The molecule has 84 valence electrons. The highest BCUT2D eigenvalue weighted by molar-refractivity contribution is 9.10. The van der Waals surface area contributed by atoms with Crippen molar-refractivity contribution in [2.45, 2.75) is 6.04 Å². The lowest BCUT2D eigenvalue weighted by molar-refractivity contribution is 0.196. The largest absolute Gasteiger partial charge is 0.383 e. The van der Waals surface area contributed by atoms with Crippen LogP contribution in [0.3, 0.4) is 0 Å². The quantitative estimate of drug-likeness (QED) is 0.775. The van der Waals surface area contributed by atoms with Crippen molar-refractivity contribution in [3.05, 3.63) is 34.3 Å². The Morgan fingerprint density at radius 1 is 1.53 bits per heavy atom. The molecule has 15 heavy (non-hydrogen) atoms. The van der Waals surface area contributed by atoms with Crippen LogP contribution in [0.25, 0.3) is 0 Å². The van der Waals surface area contributed by atoms with E-state index < -0.39 is 0 Å². The first-order chi connectivity index (χ1) is 7.27. The molecule has 0 spiro atoms. The van der Waals surface area contributed by atoms with Crippen LogP contribution >= 0.6 is 15.9 Å². The van der Waals surface area contributed by atoms with Gasteiger partial charge in [0.05, 0.1) is 6.61 Å². The van der Waals surface area contributed by atoms with Gasteiger partial charge in [0.15, 0.2) is 0 Å². The first-order valence-electron chi connectivity index (χ1n) is 4.95. The second-order valence-electron chi connectivity index (χ2n) is 3.29. The molecular weight excluding hydrogens is 256 g/mol. The standard InChI is InChI=1S/C11H17BrN2O/c1-15-6-5-14-11(8-13)9-3-2-4-10(12)7-9/h2-4,7,11,14H,5-6,8,13H2,1H3. The van der Waals surface area contributed by atoms with Gasteiger partial charge in [-0.05, 0) is 17.7 Å². The zero-order valence-electron chi connectivity index (χ0n) is 8.87. The highest BCUT2D eigenvalue weighted by atomic mass is 79.9. The Hall–Kier alpha value is -0.420. The van der Waals surface area contributed by atoms with E-state index in [0.29, 0.717) is 13.2 Å². The van der Waals surface area contributed by atoms with Gasteiger partial charge in [0.2, 0.25) is 0 Å². The molecule has 0 fully saturated rings. The number of halogens is 1. The molecule has 1 aromatic rings. The van der Waals surface area contributed by atoms with Crippen molar-refractivity contribution in [2.24, 2.45) is 5.73 Å². The predicted molar refractivity (Wildman–Crippen MR) is 65.8 cm³/mol. The lowest BCUT2D eigenvalue weighted by Gasteiger charge is -2.17. The SMILES string of the molecule is COCCNC(CN)c1cccc(Br)c1. The Kier molecular flexibility index (Phi) is 5.86. The summed E-state index contributed by atoms with van der Waals surface area (Å²) in [5.74, 6) is 0. The first-order valence-corrected chi connectivity index (χ1v) is 5.75. The maximum atomic E-state index is 5.72.